The first-order valence-corrected chi connectivity index (χ1v) is 7.70. The number of nitrogens with one attached hydrogen (secondary N) is 1. The van der Waals surface area contributed by atoms with Crippen molar-refractivity contribution in [2.24, 2.45) is 5.92 Å². The quantitative estimate of drug-likeness (QED) is 0.896. The minimum Gasteiger partial charge on any atom is -0.317 e. The maximum absolute atomic E-state index is 3.49. The Morgan fingerprint density at radius 2 is 2.11 bits per heavy atom. The van der Waals surface area contributed by atoms with Crippen LogP contribution in [0.5, 0.6) is 0 Å². The summed E-state index contributed by atoms with van der Waals surface area (Å²) in [6, 6.07) is 9.26. The summed E-state index contributed by atoms with van der Waals surface area (Å²) in [5.41, 5.74) is 1.42. The zero-order valence-corrected chi connectivity index (χ0v) is 12.9. The molecule has 1 N–H and O–H groups in total. The lowest BCUT2D eigenvalue weighted by Gasteiger charge is -2.25. The van der Waals surface area contributed by atoms with E-state index in [9.17, 15) is 0 Å². The molecule has 2 unspecified atom stereocenters. The lowest BCUT2D eigenvalue weighted by Crippen LogP contribution is -2.28. The van der Waals surface area contributed by atoms with E-state index in [-0.39, 0.29) is 0 Å². The van der Waals surface area contributed by atoms with Gasteiger partial charge in [-0.2, -0.15) is 0 Å². The molecule has 0 bridgehead atoms. The van der Waals surface area contributed by atoms with Crippen molar-refractivity contribution < 1.29 is 0 Å². The monoisotopic (exact) mass is 310 g/mol. The molecular weight excluding hydrogens is 288 g/mol. The lowest BCUT2D eigenvalue weighted by molar-refractivity contribution is 0.252. The van der Waals surface area contributed by atoms with Crippen molar-refractivity contribution in [2.45, 2.75) is 26.3 Å². The normalized spacial score (nSPS) is 22.3. The molecule has 0 saturated carbocycles. The summed E-state index contributed by atoms with van der Waals surface area (Å²) < 4.78 is 1.16. The highest BCUT2D eigenvalue weighted by Gasteiger charge is 2.26. The molecule has 2 atom stereocenters. The fraction of sp³-hybridized carbons (Fsp3) is 0.600. The van der Waals surface area contributed by atoms with Gasteiger partial charge in [0, 0.05) is 17.1 Å². The zero-order chi connectivity index (χ0) is 13.0. The Bertz CT molecular complexity index is 363. The van der Waals surface area contributed by atoms with Crippen LogP contribution >= 0.6 is 15.9 Å². The van der Waals surface area contributed by atoms with Gasteiger partial charge >= 0.3 is 0 Å². The lowest BCUT2D eigenvalue weighted by atomic mass is 10.1. The van der Waals surface area contributed by atoms with Crippen LogP contribution in [0.1, 0.15) is 31.9 Å². The number of halogens is 1. The second-order valence-electron chi connectivity index (χ2n) is 5.18. The highest BCUT2D eigenvalue weighted by molar-refractivity contribution is 9.10. The Kier molecular flexibility index (Phi) is 5.22. The fourth-order valence-corrected chi connectivity index (χ4v) is 2.95. The Hall–Kier alpha value is -0.380. The van der Waals surface area contributed by atoms with Crippen LogP contribution in [-0.2, 0) is 0 Å². The molecule has 3 heteroatoms. The van der Waals surface area contributed by atoms with E-state index < -0.39 is 0 Å². The van der Waals surface area contributed by atoms with Gasteiger partial charge in [0.05, 0.1) is 0 Å². The van der Waals surface area contributed by atoms with Crippen LogP contribution < -0.4 is 5.32 Å². The molecule has 1 aromatic rings. The molecule has 0 aliphatic carbocycles. The first-order chi connectivity index (χ1) is 8.70. The van der Waals surface area contributed by atoms with Crippen molar-refractivity contribution in [1.29, 1.82) is 0 Å². The zero-order valence-electron chi connectivity index (χ0n) is 11.3. The van der Waals surface area contributed by atoms with Crippen LogP contribution in [0.15, 0.2) is 28.7 Å². The molecule has 100 valence electrons. The minimum atomic E-state index is 0.532. The van der Waals surface area contributed by atoms with Gasteiger partial charge in [0.1, 0.15) is 0 Å². The number of likely N-dealkylation sites (tertiary alicyclic amines) is 1. The number of rotatable bonds is 5. The number of hydrogen-bond acceptors (Lipinski definition) is 2. The van der Waals surface area contributed by atoms with Gasteiger partial charge in [-0.25, -0.2) is 0 Å². The van der Waals surface area contributed by atoms with E-state index in [2.05, 4.69) is 64.3 Å². The molecular formula is C15H23BrN2. The van der Waals surface area contributed by atoms with E-state index in [1.807, 2.05) is 0 Å². The van der Waals surface area contributed by atoms with E-state index >= 15 is 0 Å². The second-order valence-corrected chi connectivity index (χ2v) is 6.10. The highest BCUT2D eigenvalue weighted by atomic mass is 79.9. The summed E-state index contributed by atoms with van der Waals surface area (Å²) >= 11 is 3.49. The van der Waals surface area contributed by atoms with Gasteiger partial charge in [0.25, 0.3) is 0 Å². The fourth-order valence-electron chi connectivity index (χ4n) is 2.68. The molecule has 0 amide bonds. The third-order valence-electron chi connectivity index (χ3n) is 3.90. The molecule has 1 aliphatic rings. The number of nitrogens with zero attached hydrogens (tertiary/aromatic N) is 1. The van der Waals surface area contributed by atoms with Crippen LogP contribution in [0, 0.1) is 5.92 Å². The van der Waals surface area contributed by atoms with Crippen molar-refractivity contribution in [3.63, 3.8) is 0 Å². The molecule has 18 heavy (non-hydrogen) atoms. The molecule has 0 spiro atoms. The average Bonchev–Trinajstić information content (AvgIpc) is 2.85. The Morgan fingerprint density at radius 3 is 2.78 bits per heavy atom. The van der Waals surface area contributed by atoms with Gasteiger partial charge in [-0.05, 0) is 56.6 Å². The molecule has 2 rings (SSSR count). The summed E-state index contributed by atoms with van der Waals surface area (Å²) in [5.74, 6) is 0.822. The molecule has 1 aliphatic heterocycles. The van der Waals surface area contributed by atoms with Crippen molar-refractivity contribution >= 4 is 15.9 Å². The Balaban J connectivity index is 1.90. The largest absolute Gasteiger partial charge is 0.317 e. The first-order valence-electron chi connectivity index (χ1n) is 6.91. The topological polar surface area (TPSA) is 15.3 Å². The summed E-state index contributed by atoms with van der Waals surface area (Å²) in [5, 5.41) is 3.46. The minimum absolute atomic E-state index is 0.532. The van der Waals surface area contributed by atoms with Crippen molar-refractivity contribution in [3.8, 4) is 0 Å². The number of benzene rings is 1. The van der Waals surface area contributed by atoms with Crippen LogP contribution in [0.4, 0.5) is 0 Å². The smallest absolute Gasteiger partial charge is 0.0320 e. The van der Waals surface area contributed by atoms with E-state index in [0.29, 0.717) is 6.04 Å². The molecule has 0 aromatic heterocycles. The van der Waals surface area contributed by atoms with E-state index in [0.717, 1.165) is 16.9 Å². The van der Waals surface area contributed by atoms with Crippen LogP contribution in [0.2, 0.25) is 0 Å². The van der Waals surface area contributed by atoms with Gasteiger partial charge in [-0.3, -0.25) is 4.90 Å². The first kappa shape index (κ1) is 14.0. The highest BCUT2D eigenvalue weighted by Crippen LogP contribution is 2.27. The van der Waals surface area contributed by atoms with Crippen molar-refractivity contribution in [1.82, 2.24) is 10.2 Å². The van der Waals surface area contributed by atoms with Gasteiger partial charge in [0.2, 0.25) is 0 Å². The predicted octanol–water partition coefficient (Wildman–Crippen LogP) is 3.44. The Labute approximate surface area is 119 Å². The van der Waals surface area contributed by atoms with E-state index in [1.54, 1.807) is 0 Å². The second kappa shape index (κ2) is 6.69. The molecule has 1 heterocycles. The SMILES string of the molecule is CCNCC1CCN(C(C)c2ccc(Br)cc2)C1. The standard InChI is InChI=1S/C15H23BrN2/c1-3-17-10-13-8-9-18(11-13)12(2)14-4-6-15(16)7-5-14/h4-7,12-13,17H,3,8-11H2,1-2H3. The third kappa shape index (κ3) is 3.56. The molecule has 0 radical (unpaired) electrons. The number of hydrogen-bond donors (Lipinski definition) is 1. The summed E-state index contributed by atoms with van der Waals surface area (Å²) in [7, 11) is 0. The van der Waals surface area contributed by atoms with Crippen LogP contribution in [0.3, 0.4) is 0 Å². The maximum atomic E-state index is 3.49. The average molecular weight is 311 g/mol. The van der Waals surface area contributed by atoms with Gasteiger partial charge in [0.15, 0.2) is 0 Å². The molecule has 2 nitrogen and oxygen atoms in total. The molecule has 1 aromatic carbocycles. The summed E-state index contributed by atoms with van der Waals surface area (Å²) in [6.45, 7) is 9.20. The van der Waals surface area contributed by atoms with Gasteiger partial charge in [-0.15, -0.1) is 0 Å². The Morgan fingerprint density at radius 1 is 1.39 bits per heavy atom. The summed E-state index contributed by atoms with van der Waals surface area (Å²) in [4.78, 5) is 2.60. The maximum Gasteiger partial charge on any atom is 0.0320 e. The van der Waals surface area contributed by atoms with Crippen molar-refractivity contribution in [3.05, 3.63) is 34.3 Å². The van der Waals surface area contributed by atoms with E-state index in [4.69, 9.17) is 0 Å². The molecule has 1 saturated heterocycles. The van der Waals surface area contributed by atoms with Gasteiger partial charge in [-0.1, -0.05) is 35.0 Å². The van der Waals surface area contributed by atoms with Crippen LogP contribution in [-0.4, -0.2) is 31.1 Å². The van der Waals surface area contributed by atoms with Crippen molar-refractivity contribution in [2.75, 3.05) is 26.2 Å². The van der Waals surface area contributed by atoms with E-state index in [1.165, 1.54) is 31.6 Å². The van der Waals surface area contributed by atoms with Gasteiger partial charge < -0.3 is 5.32 Å². The molecule has 1 fully saturated rings. The third-order valence-corrected chi connectivity index (χ3v) is 4.43. The summed E-state index contributed by atoms with van der Waals surface area (Å²) in [6.07, 6.45) is 1.33. The van der Waals surface area contributed by atoms with Crippen LogP contribution in [0.25, 0.3) is 0 Å². The predicted molar refractivity (Wildman–Crippen MR) is 80.8 cm³/mol.